The number of thioether (sulfide) groups is 1. The van der Waals surface area contributed by atoms with Gasteiger partial charge in [0.15, 0.2) is 5.13 Å². The fourth-order valence-corrected chi connectivity index (χ4v) is 3.83. The van der Waals surface area contributed by atoms with Crippen molar-refractivity contribution >= 4 is 46.0 Å². The van der Waals surface area contributed by atoms with Gasteiger partial charge in [0.1, 0.15) is 6.04 Å². The minimum atomic E-state index is -0.857. The van der Waals surface area contributed by atoms with Gasteiger partial charge in [0.2, 0.25) is 5.91 Å². The highest BCUT2D eigenvalue weighted by atomic mass is 32.2. The molecule has 1 aliphatic heterocycles. The van der Waals surface area contributed by atoms with Crippen molar-refractivity contribution in [2.45, 2.75) is 19.4 Å². The van der Waals surface area contributed by atoms with Crippen molar-refractivity contribution in [3.8, 4) is 0 Å². The topological polar surface area (TPSA) is 79.4 Å². The quantitative estimate of drug-likeness (QED) is 0.786. The number of anilines is 1. The van der Waals surface area contributed by atoms with Crippen LogP contribution in [0.1, 0.15) is 32.0 Å². The lowest BCUT2D eigenvalue weighted by Crippen LogP contribution is -2.47. The monoisotopic (exact) mass is 375 g/mol. The van der Waals surface area contributed by atoms with Crippen molar-refractivity contribution in [3.05, 3.63) is 46.5 Å². The summed E-state index contributed by atoms with van der Waals surface area (Å²) in [6, 6.07) is 5.79. The van der Waals surface area contributed by atoms with Crippen LogP contribution < -0.4 is 5.32 Å². The van der Waals surface area contributed by atoms with E-state index in [0.717, 1.165) is 9.78 Å². The predicted octanol–water partition coefficient (Wildman–Crippen LogP) is 2.81. The van der Waals surface area contributed by atoms with Crippen LogP contribution in [0.25, 0.3) is 0 Å². The number of aryl methyl sites for hydroxylation is 1. The highest BCUT2D eigenvalue weighted by Crippen LogP contribution is 2.27. The van der Waals surface area contributed by atoms with Crippen molar-refractivity contribution < 1.29 is 14.4 Å². The zero-order valence-electron chi connectivity index (χ0n) is 13.8. The molecule has 1 N–H and O–H groups in total. The van der Waals surface area contributed by atoms with Crippen molar-refractivity contribution in [2.75, 3.05) is 17.3 Å². The van der Waals surface area contributed by atoms with E-state index >= 15 is 0 Å². The Kier molecular flexibility index (Phi) is 5.19. The second-order valence-corrected chi connectivity index (χ2v) is 7.81. The molecule has 0 unspecified atom stereocenters. The third-order valence-electron chi connectivity index (χ3n) is 3.89. The summed E-state index contributed by atoms with van der Waals surface area (Å²) in [6.45, 7) is 1.89. The van der Waals surface area contributed by atoms with E-state index in [1.54, 1.807) is 42.2 Å². The number of rotatable bonds is 6. The Bertz CT molecular complexity index is 799. The first kappa shape index (κ1) is 17.6. The molecule has 3 amide bonds. The van der Waals surface area contributed by atoms with Crippen molar-refractivity contribution in [1.82, 2.24) is 9.88 Å². The van der Waals surface area contributed by atoms with E-state index in [2.05, 4.69) is 10.3 Å². The molecule has 8 heteroatoms. The van der Waals surface area contributed by atoms with Crippen LogP contribution in [0, 0.1) is 6.92 Å². The molecular weight excluding hydrogens is 358 g/mol. The lowest BCUT2D eigenvalue weighted by atomic mass is 10.1. The lowest BCUT2D eigenvalue weighted by molar-refractivity contribution is -0.120. The number of thiazole rings is 1. The second kappa shape index (κ2) is 7.37. The molecular formula is C17H17N3O3S2. The molecule has 0 fully saturated rings. The number of carbonyl (C=O) groups excluding carboxylic acids is 3. The minimum Gasteiger partial charge on any atom is -0.300 e. The number of imide groups is 1. The molecule has 1 atom stereocenters. The van der Waals surface area contributed by atoms with E-state index in [9.17, 15) is 14.4 Å². The number of carbonyl (C=O) groups is 3. The number of nitrogens with one attached hydrogen (secondary N) is 1. The molecule has 2 heterocycles. The first-order chi connectivity index (χ1) is 12.0. The van der Waals surface area contributed by atoms with Gasteiger partial charge in [-0.25, -0.2) is 4.98 Å². The van der Waals surface area contributed by atoms with Gasteiger partial charge in [-0.1, -0.05) is 12.1 Å². The van der Waals surface area contributed by atoms with Crippen LogP contribution in [0.2, 0.25) is 0 Å². The largest absolute Gasteiger partial charge is 0.300 e. The van der Waals surface area contributed by atoms with E-state index in [1.807, 2.05) is 13.2 Å². The van der Waals surface area contributed by atoms with Gasteiger partial charge in [-0.2, -0.15) is 11.8 Å². The molecule has 1 aliphatic rings. The third kappa shape index (κ3) is 3.45. The second-order valence-electron chi connectivity index (χ2n) is 5.59. The standard InChI is InChI=1S/C17H17N3O3S2/c1-10-9-18-17(25-10)19-14(21)13(7-8-24-2)20-15(22)11-5-3-4-6-12(11)16(20)23/h3-6,9,13H,7-8H2,1-2H3,(H,18,19,21)/t13-/m1/s1. The van der Waals surface area contributed by atoms with Gasteiger partial charge in [0.05, 0.1) is 11.1 Å². The normalized spacial score (nSPS) is 14.6. The summed E-state index contributed by atoms with van der Waals surface area (Å²) in [5.41, 5.74) is 0.694. The SMILES string of the molecule is CSCC[C@H](C(=O)Nc1ncc(C)s1)N1C(=O)c2ccccc2C1=O. The fourth-order valence-electron chi connectivity index (χ4n) is 2.70. The van der Waals surface area contributed by atoms with Crippen LogP contribution in [0.3, 0.4) is 0 Å². The summed E-state index contributed by atoms with van der Waals surface area (Å²) in [5.74, 6) is -0.574. The molecule has 0 saturated heterocycles. The number of fused-ring (bicyclic) bond motifs is 1. The number of nitrogens with zero attached hydrogens (tertiary/aromatic N) is 2. The molecule has 0 radical (unpaired) electrons. The van der Waals surface area contributed by atoms with Gasteiger partial charge in [-0.3, -0.25) is 19.3 Å². The Morgan fingerprint density at radius 1 is 1.28 bits per heavy atom. The maximum absolute atomic E-state index is 12.8. The van der Waals surface area contributed by atoms with E-state index in [-0.39, 0.29) is 0 Å². The predicted molar refractivity (Wildman–Crippen MR) is 99.2 cm³/mol. The Labute approximate surface area is 153 Å². The molecule has 25 heavy (non-hydrogen) atoms. The number of hydrogen-bond donors (Lipinski definition) is 1. The summed E-state index contributed by atoms with van der Waals surface area (Å²) < 4.78 is 0. The number of amides is 3. The number of benzene rings is 1. The molecule has 2 aromatic rings. The summed E-state index contributed by atoms with van der Waals surface area (Å²) in [6.07, 6.45) is 3.98. The lowest BCUT2D eigenvalue weighted by Gasteiger charge is -2.24. The van der Waals surface area contributed by atoms with Crippen molar-refractivity contribution in [3.63, 3.8) is 0 Å². The smallest absolute Gasteiger partial charge is 0.262 e. The molecule has 0 aliphatic carbocycles. The van der Waals surface area contributed by atoms with Crippen LogP contribution in [-0.2, 0) is 4.79 Å². The van der Waals surface area contributed by atoms with E-state index in [4.69, 9.17) is 0 Å². The van der Waals surface area contributed by atoms with Crippen LogP contribution in [0.15, 0.2) is 30.5 Å². The van der Waals surface area contributed by atoms with E-state index < -0.39 is 23.8 Å². The van der Waals surface area contributed by atoms with Crippen LogP contribution in [0.5, 0.6) is 0 Å². The summed E-state index contributed by atoms with van der Waals surface area (Å²) >= 11 is 2.91. The summed E-state index contributed by atoms with van der Waals surface area (Å²) in [5, 5.41) is 3.20. The maximum atomic E-state index is 12.8. The van der Waals surface area contributed by atoms with Gasteiger partial charge >= 0.3 is 0 Å². The number of hydrogen-bond acceptors (Lipinski definition) is 6. The van der Waals surface area contributed by atoms with Crippen molar-refractivity contribution in [2.24, 2.45) is 0 Å². The molecule has 6 nitrogen and oxygen atoms in total. The molecule has 0 bridgehead atoms. The molecule has 3 rings (SSSR count). The molecule has 0 spiro atoms. The molecule has 130 valence electrons. The Balaban J connectivity index is 1.87. The van der Waals surface area contributed by atoms with Gasteiger partial charge in [-0.15, -0.1) is 11.3 Å². The van der Waals surface area contributed by atoms with Crippen LogP contribution in [-0.4, -0.2) is 45.7 Å². The highest BCUT2D eigenvalue weighted by molar-refractivity contribution is 7.98. The zero-order chi connectivity index (χ0) is 18.0. The molecule has 1 aromatic heterocycles. The zero-order valence-corrected chi connectivity index (χ0v) is 15.4. The average molecular weight is 375 g/mol. The minimum absolute atomic E-state index is 0.347. The first-order valence-electron chi connectivity index (χ1n) is 7.72. The maximum Gasteiger partial charge on any atom is 0.262 e. The molecule has 0 saturated carbocycles. The number of aromatic nitrogens is 1. The van der Waals surface area contributed by atoms with Gasteiger partial charge in [0.25, 0.3) is 11.8 Å². The van der Waals surface area contributed by atoms with Gasteiger partial charge in [0, 0.05) is 11.1 Å². The molecule has 1 aromatic carbocycles. The first-order valence-corrected chi connectivity index (χ1v) is 9.93. The van der Waals surface area contributed by atoms with Gasteiger partial charge in [-0.05, 0) is 37.5 Å². The summed E-state index contributed by atoms with van der Waals surface area (Å²) in [7, 11) is 0. The third-order valence-corrected chi connectivity index (χ3v) is 5.36. The Hall–Kier alpha value is -2.19. The average Bonchev–Trinajstić information content (AvgIpc) is 3.11. The fraction of sp³-hybridized carbons (Fsp3) is 0.294. The van der Waals surface area contributed by atoms with E-state index in [0.29, 0.717) is 28.4 Å². The van der Waals surface area contributed by atoms with E-state index in [1.165, 1.54) is 11.3 Å². The Morgan fingerprint density at radius 2 is 1.92 bits per heavy atom. The van der Waals surface area contributed by atoms with Crippen LogP contribution in [0.4, 0.5) is 5.13 Å². The van der Waals surface area contributed by atoms with Crippen LogP contribution >= 0.6 is 23.1 Å². The van der Waals surface area contributed by atoms with Crippen molar-refractivity contribution in [1.29, 1.82) is 0 Å². The Morgan fingerprint density at radius 3 is 2.44 bits per heavy atom. The highest BCUT2D eigenvalue weighted by Gasteiger charge is 2.42. The summed E-state index contributed by atoms with van der Waals surface area (Å²) in [4.78, 5) is 44.3. The van der Waals surface area contributed by atoms with Gasteiger partial charge < -0.3 is 5.32 Å².